The second-order valence-electron chi connectivity index (χ2n) is 6.41. The molecule has 0 aliphatic carbocycles. The molecule has 22 heavy (non-hydrogen) atoms. The second kappa shape index (κ2) is 6.09. The van der Waals surface area contributed by atoms with Crippen LogP contribution < -0.4 is 10.1 Å². The van der Waals surface area contributed by atoms with Crippen molar-refractivity contribution in [2.24, 2.45) is 0 Å². The van der Waals surface area contributed by atoms with E-state index in [4.69, 9.17) is 4.74 Å². The number of fused-ring (bicyclic) bond motifs is 1. The molecule has 2 heterocycles. The Morgan fingerprint density at radius 1 is 1.32 bits per heavy atom. The number of nitrogens with one attached hydrogen (secondary N) is 1. The third kappa shape index (κ3) is 3.14. The Morgan fingerprint density at radius 3 is 2.91 bits per heavy atom. The van der Waals surface area contributed by atoms with E-state index < -0.39 is 0 Å². The molecule has 0 fully saturated rings. The molecular weight excluding hydrogens is 272 g/mol. The molecule has 1 N–H and O–H groups in total. The SMILES string of the molecule is CCC1(C)CC(NCc2ccccn2)c2ccc(C)cc2O1. The van der Waals surface area contributed by atoms with E-state index in [9.17, 15) is 0 Å². The van der Waals surface area contributed by atoms with Gasteiger partial charge in [0.15, 0.2) is 0 Å². The van der Waals surface area contributed by atoms with Crippen LogP contribution >= 0.6 is 0 Å². The molecule has 0 amide bonds. The van der Waals surface area contributed by atoms with E-state index in [1.807, 2.05) is 18.3 Å². The highest BCUT2D eigenvalue weighted by Gasteiger charge is 2.35. The lowest BCUT2D eigenvalue weighted by Gasteiger charge is -2.40. The van der Waals surface area contributed by atoms with Gasteiger partial charge in [-0.3, -0.25) is 4.98 Å². The average Bonchev–Trinajstić information content (AvgIpc) is 2.53. The zero-order chi connectivity index (χ0) is 15.6. The van der Waals surface area contributed by atoms with Crippen molar-refractivity contribution < 1.29 is 4.74 Å². The van der Waals surface area contributed by atoms with Crippen molar-refractivity contribution >= 4 is 0 Å². The molecule has 1 aromatic carbocycles. The number of hydrogen-bond acceptors (Lipinski definition) is 3. The van der Waals surface area contributed by atoms with Crippen molar-refractivity contribution in [1.82, 2.24) is 10.3 Å². The summed E-state index contributed by atoms with van der Waals surface area (Å²) in [5, 5.41) is 3.66. The maximum atomic E-state index is 6.28. The van der Waals surface area contributed by atoms with Crippen molar-refractivity contribution in [3.63, 3.8) is 0 Å². The van der Waals surface area contributed by atoms with E-state index in [1.165, 1.54) is 11.1 Å². The number of ether oxygens (including phenoxy) is 1. The Hall–Kier alpha value is -1.87. The van der Waals surface area contributed by atoms with E-state index in [0.717, 1.165) is 30.8 Å². The summed E-state index contributed by atoms with van der Waals surface area (Å²) in [7, 11) is 0. The Labute approximate surface area is 132 Å². The maximum Gasteiger partial charge on any atom is 0.125 e. The molecule has 3 nitrogen and oxygen atoms in total. The molecule has 1 aromatic heterocycles. The fourth-order valence-electron chi connectivity index (χ4n) is 3.00. The first-order valence-electron chi connectivity index (χ1n) is 8.02. The van der Waals surface area contributed by atoms with Crippen LogP contribution in [-0.4, -0.2) is 10.6 Å². The number of pyridine rings is 1. The van der Waals surface area contributed by atoms with Gasteiger partial charge in [-0.15, -0.1) is 0 Å². The van der Waals surface area contributed by atoms with Gasteiger partial charge in [-0.25, -0.2) is 0 Å². The lowest BCUT2D eigenvalue weighted by Crippen LogP contribution is -2.41. The minimum atomic E-state index is -0.109. The lowest BCUT2D eigenvalue weighted by molar-refractivity contribution is 0.0438. The highest BCUT2D eigenvalue weighted by molar-refractivity contribution is 5.41. The van der Waals surface area contributed by atoms with Gasteiger partial charge >= 0.3 is 0 Å². The van der Waals surface area contributed by atoms with Gasteiger partial charge in [0, 0.05) is 30.8 Å². The zero-order valence-electron chi connectivity index (χ0n) is 13.6. The molecule has 3 heteroatoms. The first-order chi connectivity index (χ1) is 10.6. The minimum Gasteiger partial charge on any atom is -0.487 e. The molecule has 0 saturated heterocycles. The smallest absolute Gasteiger partial charge is 0.125 e. The van der Waals surface area contributed by atoms with Crippen LogP contribution in [-0.2, 0) is 6.54 Å². The average molecular weight is 296 g/mol. The monoisotopic (exact) mass is 296 g/mol. The van der Waals surface area contributed by atoms with Crippen LogP contribution in [0.25, 0.3) is 0 Å². The third-order valence-corrected chi connectivity index (χ3v) is 4.54. The first-order valence-corrected chi connectivity index (χ1v) is 8.02. The number of nitrogens with zero attached hydrogens (tertiary/aromatic N) is 1. The van der Waals surface area contributed by atoms with Crippen LogP contribution in [0, 0.1) is 6.92 Å². The van der Waals surface area contributed by atoms with Gasteiger partial charge in [0.2, 0.25) is 0 Å². The van der Waals surface area contributed by atoms with E-state index >= 15 is 0 Å². The van der Waals surface area contributed by atoms with Gasteiger partial charge in [0.25, 0.3) is 0 Å². The number of aromatic nitrogens is 1. The normalized spacial score (nSPS) is 23.7. The van der Waals surface area contributed by atoms with Crippen LogP contribution in [0.3, 0.4) is 0 Å². The Balaban J connectivity index is 1.83. The molecule has 1 aliphatic rings. The predicted molar refractivity (Wildman–Crippen MR) is 88.9 cm³/mol. The number of rotatable bonds is 4. The molecule has 0 saturated carbocycles. The van der Waals surface area contributed by atoms with E-state index in [2.05, 4.69) is 55.3 Å². The van der Waals surface area contributed by atoms with Crippen molar-refractivity contribution in [2.45, 2.75) is 51.8 Å². The summed E-state index contributed by atoms with van der Waals surface area (Å²) >= 11 is 0. The number of benzene rings is 1. The molecule has 1 aliphatic heterocycles. The largest absolute Gasteiger partial charge is 0.487 e. The minimum absolute atomic E-state index is 0.109. The highest BCUT2D eigenvalue weighted by atomic mass is 16.5. The molecule has 2 unspecified atom stereocenters. The summed E-state index contributed by atoms with van der Waals surface area (Å²) in [6.45, 7) is 7.28. The third-order valence-electron chi connectivity index (χ3n) is 4.54. The van der Waals surface area contributed by atoms with Crippen LogP contribution in [0.1, 0.15) is 49.6 Å². The summed E-state index contributed by atoms with van der Waals surface area (Å²) in [5.41, 5.74) is 3.46. The summed E-state index contributed by atoms with van der Waals surface area (Å²) in [6, 6.07) is 12.8. The van der Waals surface area contributed by atoms with E-state index in [-0.39, 0.29) is 5.60 Å². The van der Waals surface area contributed by atoms with Crippen LogP contribution in [0.5, 0.6) is 5.75 Å². The number of hydrogen-bond donors (Lipinski definition) is 1. The van der Waals surface area contributed by atoms with E-state index in [1.54, 1.807) is 0 Å². The molecule has 0 spiro atoms. The predicted octanol–water partition coefficient (Wildman–Crippen LogP) is 4.17. The molecule has 2 atom stereocenters. The quantitative estimate of drug-likeness (QED) is 0.919. The van der Waals surface area contributed by atoms with E-state index in [0.29, 0.717) is 6.04 Å². The molecule has 0 bridgehead atoms. The highest BCUT2D eigenvalue weighted by Crippen LogP contribution is 2.41. The van der Waals surface area contributed by atoms with Crippen LogP contribution in [0.2, 0.25) is 0 Å². The summed E-state index contributed by atoms with van der Waals surface area (Å²) < 4.78 is 6.28. The molecule has 0 radical (unpaired) electrons. The standard InChI is InChI=1S/C19H24N2O/c1-4-19(3)12-17(21-13-15-7-5-6-10-20-15)16-9-8-14(2)11-18(16)22-19/h5-11,17,21H,4,12-13H2,1-3H3. The zero-order valence-corrected chi connectivity index (χ0v) is 13.6. The van der Waals surface area contributed by atoms with Crippen molar-refractivity contribution in [2.75, 3.05) is 0 Å². The van der Waals surface area contributed by atoms with Crippen LogP contribution in [0.15, 0.2) is 42.6 Å². The molecule has 116 valence electrons. The van der Waals surface area contributed by atoms with Crippen molar-refractivity contribution in [3.05, 3.63) is 59.4 Å². The Bertz CT molecular complexity index is 641. The van der Waals surface area contributed by atoms with Gasteiger partial charge in [-0.2, -0.15) is 0 Å². The topological polar surface area (TPSA) is 34.2 Å². The molecular formula is C19H24N2O. The fraction of sp³-hybridized carbons (Fsp3) is 0.421. The van der Waals surface area contributed by atoms with Crippen molar-refractivity contribution in [3.8, 4) is 5.75 Å². The van der Waals surface area contributed by atoms with Gasteiger partial charge in [-0.05, 0) is 44.0 Å². The fourth-order valence-corrected chi connectivity index (χ4v) is 3.00. The van der Waals surface area contributed by atoms with Gasteiger partial charge in [-0.1, -0.05) is 25.1 Å². The Kier molecular flexibility index (Phi) is 4.16. The first kappa shape index (κ1) is 15.0. The molecule has 3 rings (SSSR count). The summed E-state index contributed by atoms with van der Waals surface area (Å²) in [6.07, 6.45) is 3.82. The summed E-state index contributed by atoms with van der Waals surface area (Å²) in [5.74, 6) is 1.02. The van der Waals surface area contributed by atoms with Crippen LogP contribution in [0.4, 0.5) is 0 Å². The van der Waals surface area contributed by atoms with Gasteiger partial charge < -0.3 is 10.1 Å². The lowest BCUT2D eigenvalue weighted by atomic mass is 9.86. The Morgan fingerprint density at radius 2 is 2.18 bits per heavy atom. The van der Waals surface area contributed by atoms with Gasteiger partial charge in [0.1, 0.15) is 11.4 Å². The summed E-state index contributed by atoms with van der Waals surface area (Å²) in [4.78, 5) is 4.40. The second-order valence-corrected chi connectivity index (χ2v) is 6.41. The number of aryl methyl sites for hydroxylation is 1. The maximum absolute atomic E-state index is 6.28. The molecule has 2 aromatic rings. The van der Waals surface area contributed by atoms with Gasteiger partial charge in [0.05, 0.1) is 5.69 Å². The van der Waals surface area contributed by atoms with Crippen molar-refractivity contribution in [1.29, 1.82) is 0 Å².